The van der Waals surface area contributed by atoms with Gasteiger partial charge < -0.3 is 14.5 Å². The van der Waals surface area contributed by atoms with Crippen LogP contribution in [0.5, 0.6) is 11.5 Å². The van der Waals surface area contributed by atoms with E-state index in [1.54, 1.807) is 0 Å². The highest BCUT2D eigenvalue weighted by Gasteiger charge is 2.35. The van der Waals surface area contributed by atoms with E-state index in [4.69, 9.17) is 4.74 Å². The van der Waals surface area contributed by atoms with Crippen molar-refractivity contribution < 1.29 is 9.53 Å². The van der Waals surface area contributed by atoms with Gasteiger partial charge in [-0.15, -0.1) is 12.4 Å². The average Bonchev–Trinajstić information content (AvgIpc) is 2.80. The maximum Gasteiger partial charge on any atom is 0.239 e. The molecule has 0 N–H and O–H groups in total. The third-order valence-corrected chi connectivity index (χ3v) is 5.80. The number of carbonyl (C=O) groups excluding carboxylic acids is 1. The number of fused-ring (bicyclic) bond motifs is 2. The monoisotopic (exact) mass is 436 g/mol. The Morgan fingerprint density at radius 3 is 1.84 bits per heavy atom. The van der Waals surface area contributed by atoms with Gasteiger partial charge in [0.2, 0.25) is 5.91 Å². The van der Waals surface area contributed by atoms with Crippen LogP contribution in [0, 0.1) is 0 Å². The number of amides is 1. The van der Waals surface area contributed by atoms with Crippen LogP contribution in [0.3, 0.4) is 0 Å². The van der Waals surface area contributed by atoms with Crippen LogP contribution in [-0.2, 0) is 4.79 Å². The molecule has 5 heteroatoms. The summed E-state index contributed by atoms with van der Waals surface area (Å²) in [6.45, 7) is 7.73. The highest BCUT2D eigenvalue weighted by atomic mass is 35.5. The number of likely N-dealkylation sites (N-methyl/N-ethyl adjacent to an activating group) is 1. The Hall–Kier alpha value is -2.82. The number of anilines is 1. The largest absolute Gasteiger partial charge is 0.457 e. The molecule has 0 unspecified atom stereocenters. The van der Waals surface area contributed by atoms with Gasteiger partial charge in [0.25, 0.3) is 0 Å². The molecule has 0 fully saturated rings. The van der Waals surface area contributed by atoms with Crippen molar-refractivity contribution in [1.82, 2.24) is 4.90 Å². The van der Waals surface area contributed by atoms with Gasteiger partial charge in [-0.25, -0.2) is 0 Å². The molecule has 0 aliphatic carbocycles. The van der Waals surface area contributed by atoms with Crippen molar-refractivity contribution in [2.24, 2.45) is 0 Å². The molecule has 0 bridgehead atoms. The van der Waals surface area contributed by atoms with Gasteiger partial charge in [-0.3, -0.25) is 4.79 Å². The summed E-state index contributed by atoms with van der Waals surface area (Å²) in [5.41, 5.74) is 2.77. The molecule has 1 heterocycles. The van der Waals surface area contributed by atoms with Crippen molar-refractivity contribution in [2.75, 3.05) is 31.1 Å². The SMILES string of the molecule is CCN(CC)CCN(C(=O)C1c2ccccc2Oc2ccccc21)c1ccccc1.Cl. The third-order valence-electron chi connectivity index (χ3n) is 5.80. The van der Waals surface area contributed by atoms with Crippen molar-refractivity contribution in [3.05, 3.63) is 90.0 Å². The van der Waals surface area contributed by atoms with E-state index in [1.807, 2.05) is 83.8 Å². The molecule has 1 amide bonds. The number of halogens is 1. The topological polar surface area (TPSA) is 32.8 Å². The Labute approximate surface area is 190 Å². The van der Waals surface area contributed by atoms with Crippen LogP contribution in [0.4, 0.5) is 5.69 Å². The minimum atomic E-state index is -0.386. The molecule has 0 atom stereocenters. The van der Waals surface area contributed by atoms with E-state index in [1.165, 1.54) is 0 Å². The second kappa shape index (κ2) is 10.5. The summed E-state index contributed by atoms with van der Waals surface area (Å²) < 4.78 is 6.10. The zero-order valence-electron chi connectivity index (χ0n) is 18.0. The number of para-hydroxylation sites is 3. The molecule has 0 radical (unpaired) electrons. The van der Waals surface area contributed by atoms with Gasteiger partial charge in [-0.2, -0.15) is 0 Å². The number of rotatable bonds is 7. The Kier molecular flexibility index (Phi) is 7.72. The molecular weight excluding hydrogens is 408 g/mol. The standard InChI is InChI=1S/C26H28N2O2.ClH/c1-3-27(4-2)18-19-28(20-12-6-5-7-13-20)26(29)25-21-14-8-10-16-23(21)30-24-17-11-9-15-22(24)25;/h5-17,25H,3-4,18-19H2,1-2H3;1H. The maximum absolute atomic E-state index is 14.1. The summed E-state index contributed by atoms with van der Waals surface area (Å²) in [6.07, 6.45) is 0. The lowest BCUT2D eigenvalue weighted by Crippen LogP contribution is -2.42. The molecule has 4 rings (SSSR count). The molecule has 1 aliphatic heterocycles. The quantitative estimate of drug-likeness (QED) is 0.474. The minimum absolute atomic E-state index is 0. The predicted octanol–water partition coefficient (Wildman–Crippen LogP) is 5.72. The Balaban J connectivity index is 0.00000272. The predicted molar refractivity (Wildman–Crippen MR) is 129 cm³/mol. The zero-order chi connectivity index (χ0) is 20.9. The second-order valence-electron chi connectivity index (χ2n) is 7.46. The van der Waals surface area contributed by atoms with Crippen molar-refractivity contribution in [2.45, 2.75) is 19.8 Å². The van der Waals surface area contributed by atoms with Gasteiger partial charge in [-0.1, -0.05) is 68.4 Å². The van der Waals surface area contributed by atoms with Crippen LogP contribution in [0.15, 0.2) is 78.9 Å². The molecule has 0 saturated heterocycles. The fourth-order valence-corrected chi connectivity index (χ4v) is 4.09. The normalized spacial score (nSPS) is 12.4. The number of nitrogens with zero attached hydrogens (tertiary/aromatic N) is 2. The summed E-state index contributed by atoms with van der Waals surface area (Å²) >= 11 is 0. The van der Waals surface area contributed by atoms with Gasteiger partial charge in [0.1, 0.15) is 11.5 Å². The summed E-state index contributed by atoms with van der Waals surface area (Å²) in [7, 11) is 0. The number of hydrogen-bond acceptors (Lipinski definition) is 3. The van der Waals surface area contributed by atoms with Gasteiger partial charge in [0.15, 0.2) is 0 Å². The first kappa shape index (κ1) is 22.9. The van der Waals surface area contributed by atoms with Crippen LogP contribution < -0.4 is 9.64 Å². The zero-order valence-corrected chi connectivity index (χ0v) is 18.8. The van der Waals surface area contributed by atoms with Crippen LogP contribution in [0.2, 0.25) is 0 Å². The summed E-state index contributed by atoms with van der Waals surface area (Å²) in [6, 6.07) is 25.7. The summed E-state index contributed by atoms with van der Waals surface area (Å²) in [5.74, 6) is 1.21. The molecule has 0 saturated carbocycles. The number of hydrogen-bond donors (Lipinski definition) is 0. The Morgan fingerprint density at radius 1 is 0.774 bits per heavy atom. The Bertz CT molecular complexity index is 960. The number of carbonyl (C=O) groups is 1. The van der Waals surface area contributed by atoms with Crippen LogP contribution in [0.25, 0.3) is 0 Å². The maximum atomic E-state index is 14.1. The average molecular weight is 437 g/mol. The van der Waals surface area contributed by atoms with Crippen LogP contribution in [0.1, 0.15) is 30.9 Å². The van der Waals surface area contributed by atoms with Crippen molar-refractivity contribution in [3.8, 4) is 11.5 Å². The lowest BCUT2D eigenvalue weighted by atomic mass is 9.86. The highest BCUT2D eigenvalue weighted by molar-refractivity contribution is 6.01. The van der Waals surface area contributed by atoms with Crippen molar-refractivity contribution >= 4 is 24.0 Å². The van der Waals surface area contributed by atoms with E-state index in [-0.39, 0.29) is 24.2 Å². The molecular formula is C26H29ClN2O2. The molecule has 1 aliphatic rings. The Morgan fingerprint density at radius 2 is 1.29 bits per heavy atom. The van der Waals surface area contributed by atoms with E-state index in [0.29, 0.717) is 6.54 Å². The van der Waals surface area contributed by atoms with Crippen LogP contribution in [-0.4, -0.2) is 37.0 Å². The number of ether oxygens (including phenoxy) is 1. The molecule has 0 spiro atoms. The first-order valence-electron chi connectivity index (χ1n) is 10.7. The lowest BCUT2D eigenvalue weighted by molar-refractivity contribution is -0.119. The minimum Gasteiger partial charge on any atom is -0.457 e. The van der Waals surface area contributed by atoms with Gasteiger partial charge in [-0.05, 0) is 37.4 Å². The van der Waals surface area contributed by atoms with Crippen molar-refractivity contribution in [3.63, 3.8) is 0 Å². The second-order valence-corrected chi connectivity index (χ2v) is 7.46. The third kappa shape index (κ3) is 4.76. The van der Waals surface area contributed by atoms with Crippen LogP contribution >= 0.6 is 12.4 Å². The highest BCUT2D eigenvalue weighted by Crippen LogP contribution is 2.45. The smallest absolute Gasteiger partial charge is 0.239 e. The van der Waals surface area contributed by atoms with Crippen molar-refractivity contribution in [1.29, 1.82) is 0 Å². The first-order valence-corrected chi connectivity index (χ1v) is 10.7. The molecule has 3 aromatic carbocycles. The molecule has 0 aromatic heterocycles. The van der Waals surface area contributed by atoms with E-state index in [9.17, 15) is 4.79 Å². The summed E-state index contributed by atoms with van der Waals surface area (Å²) in [4.78, 5) is 18.3. The van der Waals surface area contributed by atoms with E-state index < -0.39 is 0 Å². The molecule has 4 nitrogen and oxygen atoms in total. The summed E-state index contributed by atoms with van der Waals surface area (Å²) in [5, 5.41) is 0. The fourth-order valence-electron chi connectivity index (χ4n) is 4.09. The van der Waals surface area contributed by atoms with Gasteiger partial charge in [0, 0.05) is 29.9 Å². The molecule has 162 valence electrons. The van der Waals surface area contributed by atoms with E-state index in [2.05, 4.69) is 18.7 Å². The first-order chi connectivity index (χ1) is 14.7. The van der Waals surface area contributed by atoms with Gasteiger partial charge >= 0.3 is 0 Å². The lowest BCUT2D eigenvalue weighted by Gasteiger charge is -2.33. The van der Waals surface area contributed by atoms with E-state index in [0.717, 1.165) is 47.9 Å². The number of benzene rings is 3. The van der Waals surface area contributed by atoms with Gasteiger partial charge in [0.05, 0.1) is 5.92 Å². The molecule has 3 aromatic rings. The van der Waals surface area contributed by atoms with E-state index >= 15 is 0 Å². The fraction of sp³-hybridized carbons (Fsp3) is 0.269. The molecule has 31 heavy (non-hydrogen) atoms.